The number of carbonyl (C=O) groups is 1. The molecule has 2 saturated heterocycles. The van der Waals surface area contributed by atoms with Crippen LogP contribution in [-0.2, 0) is 14.2 Å². The molecule has 15 heteroatoms. The van der Waals surface area contributed by atoms with Gasteiger partial charge in [-0.3, -0.25) is 4.79 Å². The van der Waals surface area contributed by atoms with Gasteiger partial charge < -0.3 is 69.6 Å². The molecule has 0 radical (unpaired) electrons. The molecule has 2 fully saturated rings. The predicted octanol–water partition coefficient (Wildman–Crippen LogP) is -1.46. The smallest absolute Gasteiger partial charge is 0.229 e. The van der Waals surface area contributed by atoms with Gasteiger partial charge in [-0.15, -0.1) is 0 Å². The largest absolute Gasteiger partial charge is 0.507 e. The van der Waals surface area contributed by atoms with Gasteiger partial charge in [-0.25, -0.2) is 0 Å². The molecular formula is C27H32O15. The van der Waals surface area contributed by atoms with Crippen LogP contribution in [0.2, 0.25) is 0 Å². The molecule has 0 saturated carbocycles. The lowest BCUT2D eigenvalue weighted by molar-refractivity contribution is -0.318. The highest BCUT2D eigenvalue weighted by molar-refractivity contribution is 6.02. The first kappa shape index (κ1) is 30.2. The van der Waals surface area contributed by atoms with Gasteiger partial charge in [0.2, 0.25) is 6.29 Å². The van der Waals surface area contributed by atoms with Gasteiger partial charge >= 0.3 is 0 Å². The van der Waals surface area contributed by atoms with E-state index in [-0.39, 0.29) is 29.2 Å². The van der Waals surface area contributed by atoms with E-state index < -0.39 is 91.4 Å². The summed E-state index contributed by atoms with van der Waals surface area (Å²) in [5.74, 6) is -1.96. The fourth-order valence-corrected chi connectivity index (χ4v) is 5.04. The van der Waals surface area contributed by atoms with E-state index in [0.717, 1.165) is 6.07 Å². The molecule has 0 unspecified atom stereocenters. The summed E-state index contributed by atoms with van der Waals surface area (Å²) in [6, 6.07) is 6.26. The van der Waals surface area contributed by atoms with E-state index in [1.165, 1.54) is 31.2 Å². The number of aliphatic hydroxyl groups is 6. The summed E-state index contributed by atoms with van der Waals surface area (Å²) in [4.78, 5) is 12.8. The standard InChI is InChI=1S/C27H32O15/c1-9-20(32)22(34)24(36)26(39-9)38-8-18-21(33)23(35)25(37)27(42-18)40-11-5-14(30)19-15(31)7-16(41-17(19)6-11)10-2-3-12(28)13(29)4-10/h2-6,9,16,18,20-30,32-37H,7-8H2,1H3/t9-,16-,18+,20+,21-,22-,23-,24-,25-,26+,27+/m0/s1. The molecule has 9 N–H and O–H groups in total. The number of rotatable bonds is 6. The fourth-order valence-electron chi connectivity index (χ4n) is 5.04. The van der Waals surface area contributed by atoms with Gasteiger partial charge in [0.1, 0.15) is 71.6 Å². The SMILES string of the molecule is C[C@@H]1O[C@@H](OC[C@H]2O[C@@H](Oc3cc(O)c4c(c3)O[C@H](c3ccc(O)c(O)c3)CC4=O)[C@@H](O)[C@@H](O)[C@H]2O)[C@@H](O)[C@@H](O)[C@@H]1O. The third-order valence-electron chi connectivity index (χ3n) is 7.50. The third kappa shape index (κ3) is 5.70. The second kappa shape index (κ2) is 11.8. The van der Waals surface area contributed by atoms with Crippen molar-refractivity contribution in [2.24, 2.45) is 0 Å². The quantitative estimate of drug-likeness (QED) is 0.173. The van der Waals surface area contributed by atoms with Gasteiger partial charge in [-0.05, 0) is 24.6 Å². The first-order chi connectivity index (χ1) is 19.8. The van der Waals surface area contributed by atoms with E-state index in [2.05, 4.69) is 0 Å². The highest BCUT2D eigenvalue weighted by Gasteiger charge is 2.47. The Morgan fingerprint density at radius 3 is 2.19 bits per heavy atom. The first-order valence-corrected chi connectivity index (χ1v) is 13.1. The van der Waals surface area contributed by atoms with Crippen LogP contribution in [0.25, 0.3) is 0 Å². The Morgan fingerprint density at radius 1 is 0.786 bits per heavy atom. The molecule has 0 amide bonds. The Bertz CT molecular complexity index is 1300. The topological polar surface area (TPSA) is 245 Å². The number of carbonyl (C=O) groups excluding carboxylic acids is 1. The monoisotopic (exact) mass is 596 g/mol. The molecule has 0 bridgehead atoms. The molecule has 11 atom stereocenters. The normalized spacial score (nSPS) is 36.6. The number of phenolic OH excluding ortho intramolecular Hbond substituents is 3. The van der Waals surface area contributed by atoms with Crippen LogP contribution in [0, 0.1) is 0 Å². The summed E-state index contributed by atoms with van der Waals surface area (Å²) in [5, 5.41) is 91.3. The van der Waals surface area contributed by atoms with Gasteiger partial charge in [-0.1, -0.05) is 6.07 Å². The number of ketones is 1. The molecule has 5 rings (SSSR count). The van der Waals surface area contributed by atoms with Gasteiger partial charge in [0.15, 0.2) is 23.6 Å². The first-order valence-electron chi connectivity index (χ1n) is 13.1. The van der Waals surface area contributed by atoms with Crippen LogP contribution in [0.4, 0.5) is 0 Å². The molecule has 0 aromatic heterocycles. The summed E-state index contributed by atoms with van der Waals surface area (Å²) >= 11 is 0. The van der Waals surface area contributed by atoms with Crippen molar-refractivity contribution in [2.45, 2.75) is 80.9 Å². The highest BCUT2D eigenvalue weighted by atomic mass is 16.7. The van der Waals surface area contributed by atoms with Gasteiger partial charge in [0.05, 0.1) is 19.1 Å². The number of Topliss-reactive ketones (excluding diaryl/α,β-unsaturated/α-hetero) is 1. The number of hydrogen-bond donors (Lipinski definition) is 9. The molecule has 2 aromatic carbocycles. The van der Waals surface area contributed by atoms with E-state index in [1.807, 2.05) is 0 Å². The van der Waals surface area contributed by atoms with Crippen LogP contribution in [0.1, 0.15) is 35.4 Å². The van der Waals surface area contributed by atoms with Crippen molar-refractivity contribution in [3.05, 3.63) is 41.5 Å². The average molecular weight is 597 g/mol. The molecule has 230 valence electrons. The van der Waals surface area contributed by atoms with Crippen molar-refractivity contribution in [2.75, 3.05) is 6.61 Å². The Kier molecular flexibility index (Phi) is 8.48. The number of aromatic hydroxyl groups is 3. The van der Waals surface area contributed by atoms with E-state index in [1.54, 1.807) is 0 Å². The number of ether oxygens (including phenoxy) is 5. The summed E-state index contributed by atoms with van der Waals surface area (Å²) in [7, 11) is 0. The number of phenols is 3. The van der Waals surface area contributed by atoms with Crippen molar-refractivity contribution in [3.63, 3.8) is 0 Å². The lowest BCUT2D eigenvalue weighted by atomic mass is 9.95. The molecule has 0 spiro atoms. The molecule has 2 aromatic rings. The van der Waals surface area contributed by atoms with Crippen LogP contribution >= 0.6 is 0 Å². The van der Waals surface area contributed by atoms with Crippen molar-refractivity contribution in [1.82, 2.24) is 0 Å². The Hall–Kier alpha value is -3.25. The molecule has 42 heavy (non-hydrogen) atoms. The summed E-state index contributed by atoms with van der Waals surface area (Å²) in [6.45, 7) is 0.949. The number of benzene rings is 2. The van der Waals surface area contributed by atoms with E-state index >= 15 is 0 Å². The lowest BCUT2D eigenvalue weighted by Crippen LogP contribution is -2.61. The fraction of sp³-hybridized carbons (Fsp3) is 0.519. The maximum atomic E-state index is 12.8. The van der Waals surface area contributed by atoms with E-state index in [9.17, 15) is 50.8 Å². The molecule has 0 aliphatic carbocycles. The Labute approximate surface area is 238 Å². The molecule has 3 aliphatic heterocycles. The molecular weight excluding hydrogens is 564 g/mol. The number of fused-ring (bicyclic) bond motifs is 1. The highest BCUT2D eigenvalue weighted by Crippen LogP contribution is 2.43. The van der Waals surface area contributed by atoms with Crippen molar-refractivity contribution in [3.8, 4) is 28.7 Å². The van der Waals surface area contributed by atoms with Crippen LogP contribution in [0.5, 0.6) is 28.7 Å². The van der Waals surface area contributed by atoms with Gasteiger partial charge in [-0.2, -0.15) is 0 Å². The number of hydrogen-bond acceptors (Lipinski definition) is 15. The second-order valence-corrected chi connectivity index (χ2v) is 10.4. The van der Waals surface area contributed by atoms with Crippen LogP contribution in [-0.4, -0.2) is 120 Å². The molecule has 3 heterocycles. The maximum Gasteiger partial charge on any atom is 0.229 e. The average Bonchev–Trinajstić information content (AvgIpc) is 2.95. The zero-order valence-electron chi connectivity index (χ0n) is 22.1. The minimum atomic E-state index is -1.78. The lowest BCUT2D eigenvalue weighted by Gasteiger charge is -2.42. The van der Waals surface area contributed by atoms with Crippen molar-refractivity contribution in [1.29, 1.82) is 0 Å². The van der Waals surface area contributed by atoms with Crippen LogP contribution < -0.4 is 9.47 Å². The van der Waals surface area contributed by atoms with Crippen LogP contribution in [0.15, 0.2) is 30.3 Å². The summed E-state index contributed by atoms with van der Waals surface area (Å²) < 4.78 is 27.9. The maximum absolute atomic E-state index is 12.8. The molecule has 3 aliphatic rings. The van der Waals surface area contributed by atoms with Gasteiger partial charge in [0, 0.05) is 12.1 Å². The van der Waals surface area contributed by atoms with Crippen molar-refractivity contribution < 1.29 is 74.4 Å². The minimum absolute atomic E-state index is 0.0807. The second-order valence-electron chi connectivity index (χ2n) is 10.4. The van der Waals surface area contributed by atoms with E-state index in [0.29, 0.717) is 5.56 Å². The zero-order valence-corrected chi connectivity index (χ0v) is 22.1. The Morgan fingerprint density at radius 2 is 1.48 bits per heavy atom. The van der Waals surface area contributed by atoms with E-state index in [4.69, 9.17) is 23.7 Å². The summed E-state index contributed by atoms with van der Waals surface area (Å²) in [5.41, 5.74) is 0.255. The summed E-state index contributed by atoms with van der Waals surface area (Å²) in [6.07, 6.45) is -16.1. The van der Waals surface area contributed by atoms with Gasteiger partial charge in [0.25, 0.3) is 0 Å². The van der Waals surface area contributed by atoms with Crippen LogP contribution in [0.3, 0.4) is 0 Å². The Balaban J connectivity index is 1.30. The zero-order chi connectivity index (χ0) is 30.5. The third-order valence-corrected chi connectivity index (χ3v) is 7.50. The molecule has 15 nitrogen and oxygen atoms in total. The van der Waals surface area contributed by atoms with Crippen molar-refractivity contribution >= 4 is 5.78 Å². The number of aliphatic hydroxyl groups excluding tert-OH is 6. The minimum Gasteiger partial charge on any atom is -0.507 e. The predicted molar refractivity (Wildman–Crippen MR) is 136 cm³/mol.